The van der Waals surface area contributed by atoms with Crippen molar-refractivity contribution in [3.05, 3.63) is 34.3 Å². The summed E-state index contributed by atoms with van der Waals surface area (Å²) in [4.78, 5) is 21.8. The molecule has 1 amide bonds. The number of carboxylic acids is 1. The Morgan fingerprint density at radius 2 is 1.95 bits per heavy atom. The van der Waals surface area contributed by atoms with Crippen LogP contribution in [-0.4, -0.2) is 30.2 Å². The van der Waals surface area contributed by atoms with Gasteiger partial charge in [0.25, 0.3) is 0 Å². The van der Waals surface area contributed by atoms with Gasteiger partial charge >= 0.3 is 5.97 Å². The van der Waals surface area contributed by atoms with Crippen LogP contribution in [0.3, 0.4) is 0 Å². The molecular formula is C13H16BrNO4. The Morgan fingerprint density at radius 1 is 1.32 bits per heavy atom. The smallest absolute Gasteiger partial charge is 0.329 e. The van der Waals surface area contributed by atoms with E-state index >= 15 is 0 Å². The van der Waals surface area contributed by atoms with Crippen LogP contribution in [0.5, 0.6) is 0 Å². The van der Waals surface area contributed by atoms with Gasteiger partial charge in [-0.05, 0) is 24.1 Å². The first-order valence-corrected chi connectivity index (χ1v) is 6.66. The van der Waals surface area contributed by atoms with Gasteiger partial charge in [-0.2, -0.15) is 0 Å². The number of nitrogens with one attached hydrogen (secondary N) is 1. The molecule has 5 nitrogen and oxygen atoms in total. The minimum atomic E-state index is -1.09. The number of benzene rings is 1. The molecule has 1 unspecified atom stereocenters. The van der Waals surface area contributed by atoms with E-state index in [1.807, 2.05) is 31.2 Å². The number of carbonyl (C=O) groups is 2. The second-order valence-electron chi connectivity index (χ2n) is 3.97. The van der Waals surface area contributed by atoms with Crippen LogP contribution in [0.2, 0.25) is 0 Å². The minimum Gasteiger partial charge on any atom is -0.480 e. The van der Waals surface area contributed by atoms with Crippen LogP contribution in [0.1, 0.15) is 24.9 Å². The van der Waals surface area contributed by atoms with E-state index in [1.54, 1.807) is 0 Å². The molecule has 0 aliphatic heterocycles. The third-order valence-electron chi connectivity index (χ3n) is 2.47. The molecule has 0 fully saturated rings. The largest absolute Gasteiger partial charge is 0.480 e. The Morgan fingerprint density at radius 3 is 2.47 bits per heavy atom. The van der Waals surface area contributed by atoms with Crippen molar-refractivity contribution >= 4 is 27.8 Å². The van der Waals surface area contributed by atoms with Crippen molar-refractivity contribution in [3.63, 3.8) is 0 Å². The van der Waals surface area contributed by atoms with Crippen LogP contribution in [0.4, 0.5) is 0 Å². The third-order valence-corrected chi connectivity index (χ3v) is 3.00. The van der Waals surface area contributed by atoms with Crippen LogP contribution in [0.15, 0.2) is 28.7 Å². The molecule has 1 atom stereocenters. The van der Waals surface area contributed by atoms with Crippen molar-refractivity contribution in [1.82, 2.24) is 5.32 Å². The van der Waals surface area contributed by atoms with Crippen molar-refractivity contribution in [3.8, 4) is 0 Å². The van der Waals surface area contributed by atoms with Crippen LogP contribution in [0, 0.1) is 0 Å². The summed E-state index contributed by atoms with van der Waals surface area (Å²) in [7, 11) is 0. The Kier molecular flexibility index (Phi) is 6.52. The molecule has 0 saturated heterocycles. The summed E-state index contributed by atoms with van der Waals surface area (Å²) in [6.45, 7) is 1.24. The van der Waals surface area contributed by atoms with Gasteiger partial charge in [-0.1, -0.05) is 35.0 Å². The molecule has 0 radical (unpaired) electrons. The first-order chi connectivity index (χ1) is 9.02. The molecule has 19 heavy (non-hydrogen) atoms. The quantitative estimate of drug-likeness (QED) is 0.803. The number of aliphatic carboxylic acids is 1. The average Bonchev–Trinajstić information content (AvgIpc) is 2.36. The predicted octanol–water partition coefficient (Wildman–Crippen LogP) is 2.12. The first-order valence-electron chi connectivity index (χ1n) is 5.87. The zero-order chi connectivity index (χ0) is 14.3. The van der Waals surface area contributed by atoms with Gasteiger partial charge in [-0.25, -0.2) is 4.79 Å². The molecular weight excluding hydrogens is 314 g/mol. The molecule has 1 rings (SSSR count). The lowest BCUT2D eigenvalue weighted by Crippen LogP contribution is -2.32. The number of amides is 1. The van der Waals surface area contributed by atoms with E-state index in [9.17, 15) is 9.59 Å². The summed E-state index contributed by atoms with van der Waals surface area (Å²) >= 11 is 3.35. The van der Waals surface area contributed by atoms with Crippen LogP contribution in [-0.2, 0) is 14.3 Å². The van der Waals surface area contributed by atoms with Crippen molar-refractivity contribution < 1.29 is 19.4 Å². The predicted molar refractivity (Wildman–Crippen MR) is 73.8 cm³/mol. The molecule has 0 aromatic heterocycles. The molecule has 2 N–H and O–H groups in total. The van der Waals surface area contributed by atoms with Crippen molar-refractivity contribution in [2.45, 2.75) is 19.4 Å². The normalized spacial score (nSPS) is 11.9. The highest BCUT2D eigenvalue weighted by Crippen LogP contribution is 2.19. The lowest BCUT2D eigenvalue weighted by Gasteiger charge is -2.17. The maximum absolute atomic E-state index is 11.6. The van der Waals surface area contributed by atoms with Crippen LogP contribution < -0.4 is 5.32 Å². The average molecular weight is 330 g/mol. The Bertz CT molecular complexity index is 433. The van der Waals surface area contributed by atoms with Crippen LogP contribution >= 0.6 is 15.9 Å². The molecule has 0 aliphatic carbocycles. The number of rotatable bonds is 7. The van der Waals surface area contributed by atoms with Gasteiger partial charge in [0.2, 0.25) is 5.91 Å². The van der Waals surface area contributed by atoms with Crippen molar-refractivity contribution in [1.29, 1.82) is 0 Å². The summed E-state index contributed by atoms with van der Waals surface area (Å²) in [5, 5.41) is 11.2. The molecule has 1 aromatic carbocycles. The van der Waals surface area contributed by atoms with E-state index in [1.165, 1.54) is 0 Å². The lowest BCUT2D eigenvalue weighted by atomic mass is 10.0. The molecule has 0 spiro atoms. The Hall–Kier alpha value is -1.40. The SMILES string of the molecule is CCC(NC(=O)COCC(=O)O)c1ccc(Br)cc1. The van der Waals surface area contributed by atoms with Gasteiger partial charge in [0.1, 0.15) is 13.2 Å². The minimum absolute atomic E-state index is 0.103. The Balaban J connectivity index is 2.50. The van der Waals surface area contributed by atoms with Gasteiger partial charge < -0.3 is 15.2 Å². The second kappa shape index (κ2) is 7.91. The fourth-order valence-electron chi connectivity index (χ4n) is 1.58. The number of hydrogen-bond acceptors (Lipinski definition) is 3. The maximum atomic E-state index is 11.6. The highest BCUT2D eigenvalue weighted by atomic mass is 79.9. The molecule has 0 heterocycles. The molecule has 1 aromatic rings. The molecule has 0 bridgehead atoms. The fraction of sp³-hybridized carbons (Fsp3) is 0.385. The van der Waals surface area contributed by atoms with Crippen LogP contribution in [0.25, 0.3) is 0 Å². The van der Waals surface area contributed by atoms with E-state index in [0.29, 0.717) is 0 Å². The monoisotopic (exact) mass is 329 g/mol. The summed E-state index contributed by atoms with van der Waals surface area (Å²) in [5.74, 6) is -1.41. The van der Waals surface area contributed by atoms with E-state index in [-0.39, 0.29) is 18.6 Å². The number of ether oxygens (including phenoxy) is 1. The standard InChI is InChI=1S/C13H16BrNO4/c1-2-11(9-3-5-10(14)6-4-9)15-12(16)7-19-8-13(17)18/h3-6,11H,2,7-8H2,1H3,(H,15,16)(H,17,18). The highest BCUT2D eigenvalue weighted by molar-refractivity contribution is 9.10. The lowest BCUT2D eigenvalue weighted by molar-refractivity contribution is -0.143. The van der Waals surface area contributed by atoms with Gasteiger partial charge in [-0.15, -0.1) is 0 Å². The van der Waals surface area contributed by atoms with E-state index in [0.717, 1.165) is 16.5 Å². The molecule has 6 heteroatoms. The van der Waals surface area contributed by atoms with Gasteiger partial charge in [0, 0.05) is 4.47 Å². The molecule has 104 valence electrons. The first kappa shape index (κ1) is 15.7. The zero-order valence-corrected chi connectivity index (χ0v) is 12.1. The van der Waals surface area contributed by atoms with E-state index in [2.05, 4.69) is 21.2 Å². The maximum Gasteiger partial charge on any atom is 0.329 e. The summed E-state index contributed by atoms with van der Waals surface area (Å²) < 4.78 is 5.71. The fourth-order valence-corrected chi connectivity index (χ4v) is 1.85. The third kappa shape index (κ3) is 5.85. The zero-order valence-electron chi connectivity index (χ0n) is 10.6. The summed E-state index contributed by atoms with van der Waals surface area (Å²) in [5.41, 5.74) is 0.997. The number of halogens is 1. The van der Waals surface area contributed by atoms with Crippen molar-refractivity contribution in [2.75, 3.05) is 13.2 Å². The van der Waals surface area contributed by atoms with Gasteiger partial charge in [0.15, 0.2) is 0 Å². The number of carboxylic acid groups (broad SMARTS) is 1. The van der Waals surface area contributed by atoms with E-state index < -0.39 is 12.6 Å². The van der Waals surface area contributed by atoms with Crippen molar-refractivity contribution in [2.24, 2.45) is 0 Å². The summed E-state index contributed by atoms with van der Waals surface area (Å²) in [6, 6.07) is 7.57. The molecule has 0 aliphatic rings. The number of carbonyl (C=O) groups excluding carboxylic acids is 1. The van der Waals surface area contributed by atoms with Gasteiger partial charge in [-0.3, -0.25) is 4.79 Å². The van der Waals surface area contributed by atoms with Gasteiger partial charge in [0.05, 0.1) is 6.04 Å². The molecule has 0 saturated carbocycles. The Labute approximate surface area is 120 Å². The number of hydrogen-bond donors (Lipinski definition) is 2. The summed E-state index contributed by atoms with van der Waals surface area (Å²) in [6.07, 6.45) is 0.742. The highest BCUT2D eigenvalue weighted by Gasteiger charge is 2.13. The van der Waals surface area contributed by atoms with E-state index in [4.69, 9.17) is 9.84 Å². The second-order valence-corrected chi connectivity index (χ2v) is 4.88. The topological polar surface area (TPSA) is 75.6 Å².